The van der Waals surface area contributed by atoms with Crippen LogP contribution in [0.2, 0.25) is 0 Å². The van der Waals surface area contributed by atoms with Gasteiger partial charge < -0.3 is 25.7 Å². The molecule has 0 saturated heterocycles. The standard InChI is InChI=1S/C20H15N6O4S/c27-18(12-6-2-1-3-7-12)21-14(10-11-5-4-8-13(9-11)26(29)30)16-22-15-17(23-16)24-20(31)25-19(15)28/h1-10,29H,(H,21,27)(H3,22,23,24,25,28,31)/q-1/b14-10-. The van der Waals surface area contributed by atoms with E-state index in [1.807, 2.05) is 0 Å². The maximum Gasteiger partial charge on any atom is 0.277 e. The van der Waals surface area contributed by atoms with Gasteiger partial charge in [0.25, 0.3) is 11.5 Å². The highest BCUT2D eigenvalue weighted by Crippen LogP contribution is 2.20. The summed E-state index contributed by atoms with van der Waals surface area (Å²) in [6.07, 6.45) is 1.55. The number of nitrogens with zero attached hydrogens (tertiary/aromatic N) is 2. The zero-order chi connectivity index (χ0) is 22.0. The zero-order valence-corrected chi connectivity index (χ0v) is 16.6. The van der Waals surface area contributed by atoms with Gasteiger partial charge >= 0.3 is 0 Å². The van der Waals surface area contributed by atoms with Gasteiger partial charge in [0, 0.05) is 5.56 Å². The lowest BCUT2D eigenvalue weighted by Gasteiger charge is -2.21. The van der Waals surface area contributed by atoms with Crippen LogP contribution in [0.25, 0.3) is 22.9 Å². The fraction of sp³-hybridized carbons (Fsp3) is 0. The third-order valence-corrected chi connectivity index (χ3v) is 4.54. The largest absolute Gasteiger partial charge is 0.733 e. The van der Waals surface area contributed by atoms with Gasteiger partial charge in [-0.1, -0.05) is 30.3 Å². The summed E-state index contributed by atoms with van der Waals surface area (Å²) < 4.78 is 0.112. The molecule has 0 fully saturated rings. The number of nitrogens with one attached hydrogen (secondary N) is 4. The van der Waals surface area contributed by atoms with Crippen molar-refractivity contribution in [1.29, 1.82) is 0 Å². The van der Waals surface area contributed by atoms with Crippen LogP contribution >= 0.6 is 12.2 Å². The Labute approximate surface area is 179 Å². The average molecular weight is 435 g/mol. The Kier molecular flexibility index (Phi) is 5.45. The van der Waals surface area contributed by atoms with Crippen molar-refractivity contribution in [3.05, 3.63) is 91.9 Å². The molecule has 4 rings (SSSR count). The number of anilines is 1. The fourth-order valence-electron chi connectivity index (χ4n) is 2.91. The van der Waals surface area contributed by atoms with Crippen LogP contribution in [0.1, 0.15) is 21.7 Å². The summed E-state index contributed by atoms with van der Waals surface area (Å²) in [5, 5.41) is 22.9. The lowest BCUT2D eigenvalue weighted by Crippen LogP contribution is -2.22. The molecule has 0 saturated carbocycles. The van der Waals surface area contributed by atoms with E-state index < -0.39 is 11.5 Å². The molecule has 31 heavy (non-hydrogen) atoms. The van der Waals surface area contributed by atoms with Crippen LogP contribution in [0.4, 0.5) is 5.69 Å². The van der Waals surface area contributed by atoms with E-state index in [4.69, 9.17) is 17.4 Å². The molecule has 0 radical (unpaired) electrons. The Morgan fingerprint density at radius 2 is 1.90 bits per heavy atom. The number of carbonyl (C=O) groups excluding carboxylic acids is 1. The molecule has 0 atom stereocenters. The van der Waals surface area contributed by atoms with E-state index in [0.717, 1.165) is 0 Å². The molecule has 1 amide bonds. The van der Waals surface area contributed by atoms with E-state index >= 15 is 0 Å². The molecule has 156 valence electrons. The van der Waals surface area contributed by atoms with Crippen molar-refractivity contribution in [2.24, 2.45) is 0 Å². The number of carbonyl (C=O) groups is 1. The summed E-state index contributed by atoms with van der Waals surface area (Å²) >= 11 is 4.97. The monoisotopic (exact) mass is 435 g/mol. The van der Waals surface area contributed by atoms with E-state index in [-0.39, 0.29) is 38.4 Å². The Bertz CT molecular complexity index is 1400. The summed E-state index contributed by atoms with van der Waals surface area (Å²) in [5.74, 6) is -0.215. The fourth-order valence-corrected chi connectivity index (χ4v) is 3.10. The van der Waals surface area contributed by atoms with Gasteiger partial charge in [0.1, 0.15) is 5.52 Å². The van der Waals surface area contributed by atoms with E-state index in [1.165, 1.54) is 12.1 Å². The molecule has 2 heterocycles. The van der Waals surface area contributed by atoms with Crippen LogP contribution in [-0.4, -0.2) is 31.1 Å². The average Bonchev–Trinajstić information content (AvgIpc) is 3.18. The first-order chi connectivity index (χ1) is 14.9. The van der Waals surface area contributed by atoms with Crippen molar-refractivity contribution in [1.82, 2.24) is 25.3 Å². The summed E-state index contributed by atoms with van der Waals surface area (Å²) in [4.78, 5) is 37.4. The number of aromatic amines is 3. The van der Waals surface area contributed by atoms with E-state index in [0.29, 0.717) is 11.1 Å². The number of hydrogen-bond donors (Lipinski definition) is 5. The number of hydrogen-bond acceptors (Lipinski definition) is 7. The molecule has 0 aliphatic heterocycles. The molecule has 10 nitrogen and oxygen atoms in total. The summed E-state index contributed by atoms with van der Waals surface area (Å²) in [5.41, 5.74) is 1.06. The van der Waals surface area contributed by atoms with Crippen LogP contribution in [0.5, 0.6) is 0 Å². The van der Waals surface area contributed by atoms with Crippen molar-refractivity contribution in [2.45, 2.75) is 0 Å². The number of imidazole rings is 1. The second-order valence-electron chi connectivity index (χ2n) is 6.46. The minimum Gasteiger partial charge on any atom is -0.733 e. The van der Waals surface area contributed by atoms with Gasteiger partial charge in [-0.05, 0) is 48.1 Å². The van der Waals surface area contributed by atoms with Crippen molar-refractivity contribution in [3.8, 4) is 0 Å². The van der Waals surface area contributed by atoms with Gasteiger partial charge in [-0.3, -0.25) is 19.8 Å². The van der Waals surface area contributed by atoms with Crippen molar-refractivity contribution in [2.75, 3.05) is 5.23 Å². The first-order valence-corrected chi connectivity index (χ1v) is 9.38. The van der Waals surface area contributed by atoms with Crippen LogP contribution in [-0.2, 0) is 0 Å². The maximum absolute atomic E-state index is 12.7. The first-order valence-electron chi connectivity index (χ1n) is 8.98. The van der Waals surface area contributed by atoms with Gasteiger partial charge in [0.2, 0.25) is 0 Å². The number of amides is 1. The number of benzene rings is 2. The zero-order valence-electron chi connectivity index (χ0n) is 15.7. The van der Waals surface area contributed by atoms with E-state index in [1.54, 1.807) is 48.5 Å². The highest BCUT2D eigenvalue weighted by molar-refractivity contribution is 7.71. The lowest BCUT2D eigenvalue weighted by molar-refractivity contribution is 0.0973. The predicted octanol–water partition coefficient (Wildman–Crippen LogP) is 2.93. The molecule has 2 aromatic heterocycles. The van der Waals surface area contributed by atoms with Crippen LogP contribution in [0, 0.1) is 9.98 Å². The SMILES string of the molecule is O=C(N/C(=C\c1cccc(N([O-])O)c1)c1nc2[nH]c(=S)[nH]c(=O)c2[nH]1)c1ccccc1. The third kappa shape index (κ3) is 4.43. The Morgan fingerprint density at radius 3 is 2.65 bits per heavy atom. The minimum atomic E-state index is -0.462. The molecule has 4 aromatic rings. The molecule has 0 bridgehead atoms. The predicted molar refractivity (Wildman–Crippen MR) is 118 cm³/mol. The van der Waals surface area contributed by atoms with Crippen LogP contribution in [0.15, 0.2) is 59.4 Å². The normalized spacial score (nSPS) is 11.5. The first kappa shape index (κ1) is 20.2. The number of fused-ring (bicyclic) bond motifs is 1. The Hall–Kier alpha value is -4.06. The topological polar surface area (TPSA) is 153 Å². The van der Waals surface area contributed by atoms with E-state index in [9.17, 15) is 14.8 Å². The number of rotatable bonds is 5. The van der Waals surface area contributed by atoms with Crippen molar-refractivity contribution in [3.63, 3.8) is 0 Å². The molecular weight excluding hydrogens is 420 g/mol. The highest BCUT2D eigenvalue weighted by Gasteiger charge is 2.15. The molecular formula is C20H15N6O4S-. The molecule has 2 aromatic carbocycles. The second kappa shape index (κ2) is 8.36. The molecule has 5 N–H and O–H groups in total. The number of H-pyrrole nitrogens is 3. The maximum atomic E-state index is 12.7. The number of aromatic nitrogens is 4. The van der Waals surface area contributed by atoms with Gasteiger partial charge in [0.15, 0.2) is 16.2 Å². The van der Waals surface area contributed by atoms with Crippen LogP contribution in [0.3, 0.4) is 0 Å². The van der Waals surface area contributed by atoms with Crippen LogP contribution < -0.4 is 16.1 Å². The Balaban J connectivity index is 1.82. The smallest absolute Gasteiger partial charge is 0.277 e. The van der Waals surface area contributed by atoms with Gasteiger partial charge in [-0.25, -0.2) is 4.98 Å². The summed E-state index contributed by atoms with van der Waals surface area (Å²) in [6.45, 7) is 0. The second-order valence-corrected chi connectivity index (χ2v) is 6.87. The quantitative estimate of drug-likeness (QED) is 0.239. The highest BCUT2D eigenvalue weighted by atomic mass is 32.1. The molecule has 0 unspecified atom stereocenters. The molecule has 11 heteroatoms. The van der Waals surface area contributed by atoms with Crippen molar-refractivity contribution >= 4 is 46.7 Å². The summed E-state index contributed by atoms with van der Waals surface area (Å²) in [7, 11) is 0. The van der Waals surface area contributed by atoms with Crippen molar-refractivity contribution < 1.29 is 10.0 Å². The Morgan fingerprint density at radius 1 is 1.13 bits per heavy atom. The van der Waals surface area contributed by atoms with Gasteiger partial charge in [-0.15, -0.1) is 0 Å². The molecule has 0 spiro atoms. The molecule has 0 aliphatic rings. The van der Waals surface area contributed by atoms with Gasteiger partial charge in [-0.2, -0.15) is 0 Å². The van der Waals surface area contributed by atoms with Gasteiger partial charge in [0.05, 0.1) is 11.4 Å². The summed E-state index contributed by atoms with van der Waals surface area (Å²) in [6, 6.07) is 14.6. The third-order valence-electron chi connectivity index (χ3n) is 4.33. The minimum absolute atomic E-state index is 0.00705. The molecule has 0 aliphatic carbocycles. The lowest BCUT2D eigenvalue weighted by atomic mass is 10.1. The van der Waals surface area contributed by atoms with E-state index in [2.05, 4.69) is 25.3 Å².